The Labute approximate surface area is 111 Å². The van der Waals surface area contributed by atoms with E-state index < -0.39 is 0 Å². The van der Waals surface area contributed by atoms with Crippen LogP contribution in [-0.2, 0) is 0 Å². The van der Waals surface area contributed by atoms with Gasteiger partial charge in [0.25, 0.3) is 0 Å². The summed E-state index contributed by atoms with van der Waals surface area (Å²) in [4.78, 5) is 2.56. The molecule has 0 saturated carbocycles. The maximum Gasteiger partial charge on any atom is 0.0320 e. The van der Waals surface area contributed by atoms with Gasteiger partial charge in [-0.3, -0.25) is 4.90 Å². The van der Waals surface area contributed by atoms with E-state index in [1.165, 1.54) is 17.5 Å². The van der Waals surface area contributed by atoms with Crippen molar-refractivity contribution in [2.24, 2.45) is 0 Å². The number of piperazine rings is 1. The molecule has 18 heavy (non-hydrogen) atoms. The third-order valence-corrected chi connectivity index (χ3v) is 4.30. The molecule has 1 aliphatic rings. The molecule has 0 bridgehead atoms. The third-order valence-electron chi connectivity index (χ3n) is 4.30. The van der Waals surface area contributed by atoms with Crippen molar-refractivity contribution in [2.75, 3.05) is 26.2 Å². The fourth-order valence-electron chi connectivity index (χ4n) is 2.62. The Balaban J connectivity index is 2.03. The molecule has 2 rings (SSSR count). The molecule has 1 N–H and O–H groups in total. The summed E-state index contributed by atoms with van der Waals surface area (Å²) in [6, 6.07) is 9.78. The van der Waals surface area contributed by atoms with Crippen LogP contribution in [0.3, 0.4) is 0 Å². The van der Waals surface area contributed by atoms with Crippen LogP contribution >= 0.6 is 0 Å². The zero-order chi connectivity index (χ0) is 13.0. The predicted octanol–water partition coefficient (Wildman–Crippen LogP) is 3.17. The van der Waals surface area contributed by atoms with Crippen LogP contribution in [0.25, 0.3) is 0 Å². The lowest BCUT2D eigenvalue weighted by atomic mass is 9.96. The van der Waals surface area contributed by atoms with Crippen LogP contribution in [0.5, 0.6) is 0 Å². The second kappa shape index (κ2) is 6.35. The molecule has 0 aliphatic carbocycles. The minimum Gasteiger partial charge on any atom is -0.314 e. The van der Waals surface area contributed by atoms with E-state index in [1.807, 2.05) is 0 Å². The first-order valence-corrected chi connectivity index (χ1v) is 7.27. The molecule has 2 atom stereocenters. The topological polar surface area (TPSA) is 15.3 Å². The number of benzene rings is 1. The maximum atomic E-state index is 3.41. The second-order valence-electron chi connectivity index (χ2n) is 5.44. The average molecular weight is 246 g/mol. The predicted molar refractivity (Wildman–Crippen MR) is 78.0 cm³/mol. The zero-order valence-electron chi connectivity index (χ0n) is 11.9. The Morgan fingerprint density at radius 1 is 1.06 bits per heavy atom. The van der Waals surface area contributed by atoms with Crippen LogP contribution < -0.4 is 5.32 Å². The Morgan fingerprint density at radius 2 is 1.61 bits per heavy atom. The van der Waals surface area contributed by atoms with E-state index in [1.54, 1.807) is 0 Å². The fraction of sp³-hybridized carbons (Fsp3) is 0.625. The van der Waals surface area contributed by atoms with Gasteiger partial charge in [0.1, 0.15) is 0 Å². The summed E-state index contributed by atoms with van der Waals surface area (Å²) in [5.41, 5.74) is 2.91. The third kappa shape index (κ3) is 3.12. The highest BCUT2D eigenvalue weighted by Gasteiger charge is 2.17. The molecule has 2 heteroatoms. The smallest absolute Gasteiger partial charge is 0.0320 e. The largest absolute Gasteiger partial charge is 0.314 e. The van der Waals surface area contributed by atoms with Crippen molar-refractivity contribution < 1.29 is 0 Å². The van der Waals surface area contributed by atoms with Crippen LogP contribution in [0.1, 0.15) is 50.3 Å². The van der Waals surface area contributed by atoms with Crippen LogP contribution in [0.4, 0.5) is 0 Å². The molecular formula is C16H26N2. The van der Waals surface area contributed by atoms with Gasteiger partial charge in [0.15, 0.2) is 0 Å². The van der Waals surface area contributed by atoms with Crippen molar-refractivity contribution in [3.8, 4) is 0 Å². The van der Waals surface area contributed by atoms with Gasteiger partial charge >= 0.3 is 0 Å². The lowest BCUT2D eigenvalue weighted by Crippen LogP contribution is -2.44. The van der Waals surface area contributed by atoms with E-state index in [2.05, 4.69) is 55.3 Å². The van der Waals surface area contributed by atoms with Crippen molar-refractivity contribution in [1.29, 1.82) is 0 Å². The van der Waals surface area contributed by atoms with Gasteiger partial charge in [-0.25, -0.2) is 0 Å². The Kier molecular flexibility index (Phi) is 4.79. The number of hydrogen-bond acceptors (Lipinski definition) is 2. The molecular weight excluding hydrogens is 220 g/mol. The van der Waals surface area contributed by atoms with Crippen molar-refractivity contribution in [3.05, 3.63) is 35.4 Å². The van der Waals surface area contributed by atoms with Crippen molar-refractivity contribution >= 4 is 0 Å². The molecule has 1 aromatic carbocycles. The van der Waals surface area contributed by atoms with Crippen LogP contribution in [0, 0.1) is 0 Å². The number of rotatable bonds is 4. The first kappa shape index (κ1) is 13.6. The van der Waals surface area contributed by atoms with E-state index in [9.17, 15) is 0 Å². The monoisotopic (exact) mass is 246 g/mol. The summed E-state index contributed by atoms with van der Waals surface area (Å²) in [6.07, 6.45) is 1.21. The first-order valence-electron chi connectivity index (χ1n) is 7.27. The second-order valence-corrected chi connectivity index (χ2v) is 5.44. The van der Waals surface area contributed by atoms with Gasteiger partial charge in [-0.15, -0.1) is 0 Å². The van der Waals surface area contributed by atoms with Gasteiger partial charge < -0.3 is 5.32 Å². The minimum absolute atomic E-state index is 0.540. The van der Waals surface area contributed by atoms with Gasteiger partial charge in [0, 0.05) is 32.2 Å². The lowest BCUT2D eigenvalue weighted by molar-refractivity contribution is 0.185. The van der Waals surface area contributed by atoms with E-state index in [4.69, 9.17) is 0 Å². The Hall–Kier alpha value is -0.860. The first-order chi connectivity index (χ1) is 8.72. The number of hydrogen-bond donors (Lipinski definition) is 1. The number of nitrogens with one attached hydrogen (secondary N) is 1. The summed E-state index contributed by atoms with van der Waals surface area (Å²) in [5, 5.41) is 3.41. The molecule has 100 valence electrons. The maximum absolute atomic E-state index is 3.41. The van der Waals surface area contributed by atoms with Crippen LogP contribution in [0.2, 0.25) is 0 Å². The molecule has 1 aromatic rings. The SMILES string of the molecule is CCC(C)c1ccc(C(C)N2CCNCC2)cc1. The minimum atomic E-state index is 0.540. The zero-order valence-corrected chi connectivity index (χ0v) is 11.9. The lowest BCUT2D eigenvalue weighted by Gasteiger charge is -2.33. The standard InChI is InChI=1S/C16H26N2/c1-4-13(2)15-5-7-16(8-6-15)14(3)18-11-9-17-10-12-18/h5-8,13-14,17H,4,9-12H2,1-3H3. The Bertz CT molecular complexity index is 352. The quantitative estimate of drug-likeness (QED) is 0.878. The van der Waals surface area contributed by atoms with E-state index >= 15 is 0 Å². The Morgan fingerprint density at radius 3 is 2.17 bits per heavy atom. The molecule has 0 amide bonds. The molecule has 0 aromatic heterocycles. The highest BCUT2D eigenvalue weighted by molar-refractivity contribution is 5.27. The summed E-state index contributed by atoms with van der Waals surface area (Å²) < 4.78 is 0. The molecule has 2 nitrogen and oxygen atoms in total. The highest BCUT2D eigenvalue weighted by Crippen LogP contribution is 2.24. The molecule has 1 fully saturated rings. The van der Waals surface area contributed by atoms with Gasteiger partial charge in [-0.1, -0.05) is 38.1 Å². The van der Waals surface area contributed by atoms with E-state index in [0.29, 0.717) is 12.0 Å². The fourth-order valence-corrected chi connectivity index (χ4v) is 2.62. The molecule has 1 heterocycles. The number of nitrogens with zero attached hydrogens (tertiary/aromatic N) is 1. The summed E-state index contributed by atoms with van der Waals surface area (Å²) >= 11 is 0. The summed E-state index contributed by atoms with van der Waals surface area (Å²) in [7, 11) is 0. The van der Waals surface area contributed by atoms with Crippen molar-refractivity contribution in [1.82, 2.24) is 10.2 Å². The van der Waals surface area contributed by atoms with Gasteiger partial charge in [-0.05, 0) is 30.4 Å². The van der Waals surface area contributed by atoms with E-state index in [0.717, 1.165) is 26.2 Å². The summed E-state index contributed by atoms with van der Waals surface area (Å²) in [6.45, 7) is 11.4. The van der Waals surface area contributed by atoms with Gasteiger partial charge in [0.05, 0.1) is 0 Å². The van der Waals surface area contributed by atoms with Gasteiger partial charge in [-0.2, -0.15) is 0 Å². The van der Waals surface area contributed by atoms with Crippen LogP contribution in [-0.4, -0.2) is 31.1 Å². The van der Waals surface area contributed by atoms with Crippen LogP contribution in [0.15, 0.2) is 24.3 Å². The average Bonchev–Trinajstić information content (AvgIpc) is 2.47. The summed E-state index contributed by atoms with van der Waals surface area (Å²) in [5.74, 6) is 0.675. The van der Waals surface area contributed by atoms with Gasteiger partial charge in [0.2, 0.25) is 0 Å². The van der Waals surface area contributed by atoms with E-state index in [-0.39, 0.29) is 0 Å². The molecule has 1 aliphatic heterocycles. The molecule has 1 saturated heterocycles. The van der Waals surface area contributed by atoms with Crippen molar-refractivity contribution in [3.63, 3.8) is 0 Å². The van der Waals surface area contributed by atoms with Crippen molar-refractivity contribution in [2.45, 2.75) is 39.2 Å². The molecule has 0 spiro atoms. The normalized spacial score (nSPS) is 20.6. The molecule has 2 unspecified atom stereocenters. The molecule has 0 radical (unpaired) electrons. The highest BCUT2D eigenvalue weighted by atomic mass is 15.2.